The van der Waals surface area contributed by atoms with Gasteiger partial charge in [-0.1, -0.05) is 18.2 Å². The van der Waals surface area contributed by atoms with Gasteiger partial charge in [-0.2, -0.15) is 0 Å². The monoisotopic (exact) mass is 347 g/mol. The molecule has 0 bridgehead atoms. The van der Waals surface area contributed by atoms with Crippen molar-refractivity contribution in [3.8, 4) is 0 Å². The highest BCUT2D eigenvalue weighted by Gasteiger charge is 2.08. The molecule has 3 aromatic rings. The van der Waals surface area contributed by atoms with E-state index in [0.717, 1.165) is 5.56 Å². The Morgan fingerprint density at radius 2 is 1.65 bits per heavy atom. The first-order valence-corrected chi connectivity index (χ1v) is 7.84. The zero-order chi connectivity index (χ0) is 18.5. The Kier molecular flexibility index (Phi) is 4.85. The van der Waals surface area contributed by atoms with Crippen molar-refractivity contribution in [3.05, 3.63) is 83.8 Å². The summed E-state index contributed by atoms with van der Waals surface area (Å²) in [5.74, 6) is -0.238. The summed E-state index contributed by atoms with van der Waals surface area (Å²) in [4.78, 5) is 24.1. The molecule has 0 fully saturated rings. The summed E-state index contributed by atoms with van der Waals surface area (Å²) in [5, 5.41) is 2.77. The van der Waals surface area contributed by atoms with E-state index in [2.05, 4.69) is 5.32 Å². The molecule has 2 aromatic carbocycles. The molecule has 0 aliphatic rings. The number of carbonyl (C=O) groups is 2. The van der Waals surface area contributed by atoms with E-state index in [4.69, 9.17) is 15.9 Å². The fourth-order valence-corrected chi connectivity index (χ4v) is 2.36. The van der Waals surface area contributed by atoms with Crippen molar-refractivity contribution in [1.29, 1.82) is 0 Å². The van der Waals surface area contributed by atoms with Gasteiger partial charge in [-0.05, 0) is 54.1 Å². The average Bonchev–Trinajstić information content (AvgIpc) is 3.15. The zero-order valence-corrected chi connectivity index (χ0v) is 13.8. The lowest BCUT2D eigenvalue weighted by atomic mass is 10.1. The average molecular weight is 347 g/mol. The van der Waals surface area contributed by atoms with Crippen LogP contribution in [-0.4, -0.2) is 11.7 Å². The number of anilines is 3. The lowest BCUT2D eigenvalue weighted by molar-refractivity contribution is 0.101. The van der Waals surface area contributed by atoms with Gasteiger partial charge in [0.25, 0.3) is 5.91 Å². The van der Waals surface area contributed by atoms with Crippen LogP contribution in [0.2, 0.25) is 0 Å². The Balaban J connectivity index is 1.66. The van der Waals surface area contributed by atoms with Crippen LogP contribution in [-0.2, 0) is 0 Å². The van der Waals surface area contributed by atoms with Crippen molar-refractivity contribution in [1.82, 2.24) is 0 Å². The van der Waals surface area contributed by atoms with E-state index in [9.17, 15) is 9.59 Å². The number of ketones is 1. The van der Waals surface area contributed by atoms with Gasteiger partial charge in [0.1, 0.15) is 0 Å². The summed E-state index contributed by atoms with van der Waals surface area (Å²) >= 11 is 0. The van der Waals surface area contributed by atoms with E-state index in [-0.39, 0.29) is 17.5 Å². The van der Waals surface area contributed by atoms with E-state index in [1.165, 1.54) is 12.3 Å². The minimum Gasteiger partial charge on any atom is -0.461 e. The van der Waals surface area contributed by atoms with Crippen molar-refractivity contribution in [3.63, 3.8) is 0 Å². The van der Waals surface area contributed by atoms with Gasteiger partial charge in [0.05, 0.1) is 6.26 Å². The van der Waals surface area contributed by atoms with Gasteiger partial charge in [-0.3, -0.25) is 9.59 Å². The Labute approximate surface area is 150 Å². The van der Waals surface area contributed by atoms with Crippen molar-refractivity contribution in [2.24, 2.45) is 0 Å². The second kappa shape index (κ2) is 7.40. The molecule has 5 N–H and O–H groups in total. The van der Waals surface area contributed by atoms with Crippen molar-refractivity contribution < 1.29 is 14.0 Å². The van der Waals surface area contributed by atoms with Gasteiger partial charge < -0.3 is 21.2 Å². The van der Waals surface area contributed by atoms with E-state index < -0.39 is 0 Å². The van der Waals surface area contributed by atoms with Crippen LogP contribution in [0.4, 0.5) is 17.1 Å². The molecule has 0 saturated carbocycles. The molecule has 26 heavy (non-hydrogen) atoms. The molecular formula is C20H17N3O3. The van der Waals surface area contributed by atoms with Gasteiger partial charge in [0.15, 0.2) is 5.76 Å². The van der Waals surface area contributed by atoms with E-state index >= 15 is 0 Å². The number of benzene rings is 2. The topological polar surface area (TPSA) is 111 Å². The third kappa shape index (κ3) is 4.18. The van der Waals surface area contributed by atoms with Gasteiger partial charge in [0, 0.05) is 22.6 Å². The number of nitrogens with one attached hydrogen (secondary N) is 1. The largest absolute Gasteiger partial charge is 0.461 e. The highest BCUT2D eigenvalue weighted by Crippen LogP contribution is 2.17. The number of allylic oxidation sites excluding steroid dienone is 1. The Bertz CT molecular complexity index is 938. The smallest absolute Gasteiger partial charge is 0.255 e. The first-order chi connectivity index (χ1) is 12.5. The van der Waals surface area contributed by atoms with E-state index in [1.807, 2.05) is 0 Å². The predicted molar refractivity (Wildman–Crippen MR) is 102 cm³/mol. The number of rotatable bonds is 5. The highest BCUT2D eigenvalue weighted by molar-refractivity contribution is 6.06. The van der Waals surface area contributed by atoms with Crippen molar-refractivity contribution in [2.75, 3.05) is 16.8 Å². The highest BCUT2D eigenvalue weighted by atomic mass is 16.3. The molecule has 130 valence electrons. The second-order valence-electron chi connectivity index (χ2n) is 5.64. The molecule has 0 spiro atoms. The molecular weight excluding hydrogens is 330 g/mol. The van der Waals surface area contributed by atoms with Gasteiger partial charge in [-0.15, -0.1) is 0 Å². The third-order valence-corrected chi connectivity index (χ3v) is 3.60. The fraction of sp³-hybridized carbons (Fsp3) is 0. The standard InChI is InChI=1S/C20H17N3O3/c21-15-10-14(11-16(22)12-15)20(25)23-17-6-3-13(4-7-17)5-8-18(24)19-2-1-9-26-19/h1-12H,21-22H2,(H,23,25). The van der Waals surface area contributed by atoms with Crippen LogP contribution in [0, 0.1) is 0 Å². The maximum atomic E-state index is 12.3. The minimum absolute atomic E-state index is 0.216. The molecule has 0 unspecified atom stereocenters. The summed E-state index contributed by atoms with van der Waals surface area (Å²) in [7, 11) is 0. The number of furan rings is 1. The van der Waals surface area contributed by atoms with E-state index in [0.29, 0.717) is 22.6 Å². The van der Waals surface area contributed by atoms with Crippen LogP contribution in [0.5, 0.6) is 0 Å². The van der Waals surface area contributed by atoms with E-state index in [1.54, 1.807) is 60.7 Å². The Morgan fingerprint density at radius 3 is 2.27 bits per heavy atom. The van der Waals surface area contributed by atoms with Crippen LogP contribution < -0.4 is 16.8 Å². The molecule has 6 nitrogen and oxygen atoms in total. The summed E-state index contributed by atoms with van der Waals surface area (Å²) in [6.45, 7) is 0. The summed E-state index contributed by atoms with van der Waals surface area (Å²) in [6, 6.07) is 15.0. The summed E-state index contributed by atoms with van der Waals surface area (Å²) in [6.07, 6.45) is 4.56. The van der Waals surface area contributed by atoms with Gasteiger partial charge in [0.2, 0.25) is 5.78 Å². The molecule has 0 aliphatic carbocycles. The molecule has 3 rings (SSSR count). The first kappa shape index (κ1) is 17.0. The van der Waals surface area contributed by atoms with Crippen LogP contribution in [0.15, 0.2) is 71.4 Å². The predicted octanol–water partition coefficient (Wildman–Crippen LogP) is 3.59. The Morgan fingerprint density at radius 1 is 0.962 bits per heavy atom. The molecule has 1 aromatic heterocycles. The Hall–Kier alpha value is -3.80. The SMILES string of the molecule is Nc1cc(N)cc(C(=O)Nc2ccc(C=CC(=O)c3ccco3)cc2)c1. The molecule has 0 saturated heterocycles. The van der Waals surface area contributed by atoms with Crippen LogP contribution >= 0.6 is 0 Å². The summed E-state index contributed by atoms with van der Waals surface area (Å²) in [5.41, 5.74) is 14.1. The van der Waals surface area contributed by atoms with Crippen molar-refractivity contribution in [2.45, 2.75) is 0 Å². The van der Waals surface area contributed by atoms with Crippen LogP contribution in [0.1, 0.15) is 26.5 Å². The van der Waals surface area contributed by atoms with Gasteiger partial charge in [-0.25, -0.2) is 0 Å². The lowest BCUT2D eigenvalue weighted by Gasteiger charge is -2.07. The number of hydrogen-bond acceptors (Lipinski definition) is 5. The molecule has 0 aliphatic heterocycles. The third-order valence-electron chi connectivity index (χ3n) is 3.60. The maximum Gasteiger partial charge on any atom is 0.255 e. The zero-order valence-electron chi connectivity index (χ0n) is 13.8. The second-order valence-corrected chi connectivity index (χ2v) is 5.64. The first-order valence-electron chi connectivity index (χ1n) is 7.84. The summed E-state index contributed by atoms with van der Waals surface area (Å²) < 4.78 is 5.04. The lowest BCUT2D eigenvalue weighted by Crippen LogP contribution is -2.12. The number of nitrogen functional groups attached to an aromatic ring is 2. The number of carbonyl (C=O) groups excluding carboxylic acids is 2. The molecule has 1 heterocycles. The molecule has 6 heteroatoms. The minimum atomic E-state index is -0.305. The quantitative estimate of drug-likeness (QED) is 0.371. The van der Waals surface area contributed by atoms with Crippen LogP contribution in [0.3, 0.4) is 0 Å². The molecule has 0 radical (unpaired) electrons. The van der Waals surface area contributed by atoms with Crippen LogP contribution in [0.25, 0.3) is 6.08 Å². The fourth-order valence-electron chi connectivity index (χ4n) is 2.36. The maximum absolute atomic E-state index is 12.3. The van der Waals surface area contributed by atoms with Crippen molar-refractivity contribution >= 4 is 34.8 Å². The number of hydrogen-bond donors (Lipinski definition) is 3. The number of amides is 1. The molecule has 0 atom stereocenters. The van der Waals surface area contributed by atoms with Gasteiger partial charge >= 0.3 is 0 Å². The number of nitrogens with two attached hydrogens (primary N) is 2. The molecule has 1 amide bonds. The normalized spacial score (nSPS) is 10.8.